The second-order valence-electron chi connectivity index (χ2n) is 12.4. The number of hydrogen-bond acceptors (Lipinski definition) is 11. The fraction of sp³-hybridized carbons (Fsp3) is 0.429. The SMILES string of the molecule is CCOC(=O)C1=C(C=O)/C(=C2/C[C@@H](CO)C(=O)[C@H](c3ccc4c(c3)=CCN=4)C2)c2c(OC)c3c(c(CO)c2O1)O[C@H](C(C)(C)O)C3. The van der Waals surface area contributed by atoms with Crippen LogP contribution in [-0.2, 0) is 32.1 Å². The minimum absolute atomic E-state index is 0.0120. The Morgan fingerprint density at radius 1 is 1.17 bits per heavy atom. The predicted molar refractivity (Wildman–Crippen MR) is 165 cm³/mol. The van der Waals surface area contributed by atoms with Crippen LogP contribution in [0.1, 0.15) is 61.8 Å². The smallest absolute Gasteiger partial charge is 0.375 e. The molecule has 1 fully saturated rings. The van der Waals surface area contributed by atoms with E-state index in [1.165, 1.54) is 7.11 Å². The van der Waals surface area contributed by atoms with Crippen molar-refractivity contribution in [1.29, 1.82) is 0 Å². The summed E-state index contributed by atoms with van der Waals surface area (Å²) in [6.07, 6.45) is 2.33. The summed E-state index contributed by atoms with van der Waals surface area (Å²) in [6.45, 7) is 4.45. The van der Waals surface area contributed by atoms with Gasteiger partial charge in [0.1, 0.15) is 29.1 Å². The van der Waals surface area contributed by atoms with E-state index < -0.39 is 42.7 Å². The van der Waals surface area contributed by atoms with Crippen molar-refractivity contribution in [3.05, 3.63) is 67.9 Å². The standard InChI is InChI=1S/C35H37NO10/c1-5-44-34(41)33-23(15-38)27(19-11-20(14-37)29(40)21(12-19)17-6-7-25-18(10-17)8-9-36-25)28-31(43-4)22-13-26(35(2,3)42)45-30(22)24(16-39)32(28)46-33/h6-8,10,15,20-21,26,37,39,42H,5,9,11-14,16H2,1-4H3/b27-19+/t20-,21-,26-/m0/s1. The topological polar surface area (TPSA) is 161 Å². The van der Waals surface area contributed by atoms with Crippen molar-refractivity contribution in [2.45, 2.75) is 64.3 Å². The molecule has 0 aromatic heterocycles. The van der Waals surface area contributed by atoms with Gasteiger partial charge in [-0.1, -0.05) is 17.7 Å². The maximum Gasteiger partial charge on any atom is 0.375 e. The van der Waals surface area contributed by atoms with Crippen LogP contribution in [0.4, 0.5) is 0 Å². The van der Waals surface area contributed by atoms with Crippen LogP contribution < -0.4 is 24.8 Å². The molecule has 2 aromatic carbocycles. The Morgan fingerprint density at radius 3 is 2.61 bits per heavy atom. The molecule has 3 aliphatic heterocycles. The van der Waals surface area contributed by atoms with Gasteiger partial charge in [-0.3, -0.25) is 14.6 Å². The van der Waals surface area contributed by atoms with Gasteiger partial charge in [0.2, 0.25) is 5.76 Å². The predicted octanol–water partition coefficient (Wildman–Crippen LogP) is 1.59. The summed E-state index contributed by atoms with van der Waals surface area (Å²) >= 11 is 0. The minimum Gasteiger partial charge on any atom is -0.496 e. The van der Waals surface area contributed by atoms with Crippen LogP contribution in [0.5, 0.6) is 17.2 Å². The molecule has 3 atom stereocenters. The van der Waals surface area contributed by atoms with Gasteiger partial charge in [0.15, 0.2) is 6.29 Å². The molecular weight excluding hydrogens is 594 g/mol. The Bertz CT molecular complexity index is 1830. The van der Waals surface area contributed by atoms with E-state index in [4.69, 9.17) is 18.9 Å². The molecule has 3 heterocycles. The molecule has 0 radical (unpaired) electrons. The fourth-order valence-corrected chi connectivity index (χ4v) is 6.92. The van der Waals surface area contributed by atoms with E-state index in [9.17, 15) is 29.7 Å². The number of esters is 1. The maximum atomic E-state index is 13.8. The summed E-state index contributed by atoms with van der Waals surface area (Å²) in [7, 11) is 1.45. The first-order chi connectivity index (χ1) is 22.1. The van der Waals surface area contributed by atoms with Gasteiger partial charge < -0.3 is 34.3 Å². The number of aldehydes is 1. The van der Waals surface area contributed by atoms with Crippen LogP contribution >= 0.6 is 0 Å². The number of ketones is 1. The van der Waals surface area contributed by atoms with Gasteiger partial charge in [0.25, 0.3) is 0 Å². The minimum atomic E-state index is -1.26. The Hall–Kier alpha value is -4.32. The number of Topliss-reactive ketones (excluding diaryl/α,β-unsaturated/α-hetero) is 1. The first-order valence-corrected chi connectivity index (χ1v) is 15.4. The Balaban J connectivity index is 1.64. The van der Waals surface area contributed by atoms with E-state index in [2.05, 4.69) is 4.99 Å². The van der Waals surface area contributed by atoms with Gasteiger partial charge in [-0.05, 0) is 56.5 Å². The van der Waals surface area contributed by atoms with E-state index in [1.54, 1.807) is 20.8 Å². The van der Waals surface area contributed by atoms with Gasteiger partial charge in [0, 0.05) is 29.4 Å². The number of carbonyl (C=O) groups is 3. The molecule has 242 valence electrons. The summed E-state index contributed by atoms with van der Waals surface area (Å²) in [5, 5.41) is 33.7. The molecule has 11 heteroatoms. The molecule has 0 unspecified atom stereocenters. The molecule has 6 rings (SSSR count). The lowest BCUT2D eigenvalue weighted by Gasteiger charge is -2.34. The quantitative estimate of drug-likeness (QED) is 0.288. The van der Waals surface area contributed by atoms with Crippen LogP contribution in [0.25, 0.3) is 11.6 Å². The van der Waals surface area contributed by atoms with Crippen LogP contribution in [-0.4, -0.2) is 71.9 Å². The molecule has 0 saturated heterocycles. The average molecular weight is 632 g/mol. The number of allylic oxidation sites excluding steroid dienone is 3. The Kier molecular flexibility index (Phi) is 8.34. The zero-order valence-electron chi connectivity index (χ0n) is 26.2. The molecule has 11 nitrogen and oxygen atoms in total. The van der Waals surface area contributed by atoms with Crippen LogP contribution in [0.2, 0.25) is 0 Å². The highest BCUT2D eigenvalue weighted by molar-refractivity contribution is 6.11. The third-order valence-electron chi connectivity index (χ3n) is 9.19. The zero-order valence-corrected chi connectivity index (χ0v) is 26.2. The van der Waals surface area contributed by atoms with E-state index in [1.807, 2.05) is 24.3 Å². The molecule has 2 aromatic rings. The molecule has 1 saturated carbocycles. The van der Waals surface area contributed by atoms with Gasteiger partial charge in [0.05, 0.1) is 61.1 Å². The number of carbonyl (C=O) groups excluding carboxylic acids is 3. The molecule has 46 heavy (non-hydrogen) atoms. The lowest BCUT2D eigenvalue weighted by atomic mass is 9.71. The number of methoxy groups -OCH3 is 1. The second kappa shape index (κ2) is 12.1. The van der Waals surface area contributed by atoms with Crippen molar-refractivity contribution in [2.24, 2.45) is 10.9 Å². The van der Waals surface area contributed by atoms with Crippen molar-refractivity contribution < 1.29 is 48.7 Å². The largest absolute Gasteiger partial charge is 0.496 e. The number of hydrogen-bond donors (Lipinski definition) is 3. The summed E-state index contributed by atoms with van der Waals surface area (Å²) in [5.74, 6) is -2.22. The van der Waals surface area contributed by atoms with Crippen molar-refractivity contribution >= 4 is 29.7 Å². The fourth-order valence-electron chi connectivity index (χ4n) is 6.92. The van der Waals surface area contributed by atoms with Crippen LogP contribution in [0.15, 0.2) is 40.1 Å². The first-order valence-electron chi connectivity index (χ1n) is 15.4. The molecule has 0 bridgehead atoms. The normalized spacial score (nSPS) is 23.4. The highest BCUT2D eigenvalue weighted by Crippen LogP contribution is 2.56. The van der Waals surface area contributed by atoms with Gasteiger partial charge in [-0.15, -0.1) is 0 Å². The third kappa shape index (κ3) is 5.12. The highest BCUT2D eigenvalue weighted by Gasteiger charge is 2.45. The van der Waals surface area contributed by atoms with Crippen LogP contribution in [0.3, 0.4) is 0 Å². The monoisotopic (exact) mass is 631 g/mol. The van der Waals surface area contributed by atoms with Gasteiger partial charge >= 0.3 is 5.97 Å². The summed E-state index contributed by atoms with van der Waals surface area (Å²) < 4.78 is 23.5. The number of benzene rings is 2. The number of rotatable bonds is 8. The van der Waals surface area contributed by atoms with E-state index in [-0.39, 0.29) is 60.0 Å². The third-order valence-corrected chi connectivity index (χ3v) is 9.19. The lowest BCUT2D eigenvalue weighted by molar-refractivity contribution is -0.141. The highest BCUT2D eigenvalue weighted by atomic mass is 16.6. The molecule has 1 aliphatic carbocycles. The number of aliphatic hydroxyl groups is 3. The van der Waals surface area contributed by atoms with Gasteiger partial charge in [-0.2, -0.15) is 0 Å². The average Bonchev–Trinajstić information content (AvgIpc) is 3.70. The number of fused-ring (bicyclic) bond motifs is 3. The maximum absolute atomic E-state index is 13.8. The number of nitrogens with zero attached hydrogens (tertiary/aromatic N) is 1. The molecule has 0 spiro atoms. The van der Waals surface area contributed by atoms with Crippen molar-refractivity contribution in [2.75, 3.05) is 26.9 Å². The first kappa shape index (κ1) is 31.7. The van der Waals surface area contributed by atoms with Gasteiger partial charge in [-0.25, -0.2) is 4.79 Å². The van der Waals surface area contributed by atoms with Crippen molar-refractivity contribution in [1.82, 2.24) is 0 Å². The summed E-state index contributed by atoms with van der Waals surface area (Å²) in [4.78, 5) is 44.4. The lowest BCUT2D eigenvalue weighted by Crippen LogP contribution is -2.39. The van der Waals surface area contributed by atoms with Crippen molar-refractivity contribution in [3.63, 3.8) is 0 Å². The molecule has 3 N–H and O–H groups in total. The summed E-state index contributed by atoms with van der Waals surface area (Å²) in [5.41, 5.74) is 1.44. The van der Waals surface area contributed by atoms with E-state index in [0.29, 0.717) is 40.9 Å². The number of ether oxygens (including phenoxy) is 4. The van der Waals surface area contributed by atoms with E-state index >= 15 is 0 Å². The zero-order chi connectivity index (χ0) is 32.9. The number of aliphatic hydroxyl groups excluding tert-OH is 2. The Labute approximate surface area is 265 Å². The molecule has 4 aliphatic rings. The molecular formula is C35H37NO10. The van der Waals surface area contributed by atoms with E-state index in [0.717, 1.165) is 16.1 Å². The van der Waals surface area contributed by atoms with Crippen LogP contribution in [0, 0.1) is 5.92 Å². The second-order valence-corrected chi connectivity index (χ2v) is 12.4. The van der Waals surface area contributed by atoms with Crippen molar-refractivity contribution in [3.8, 4) is 17.2 Å². The Morgan fingerprint density at radius 2 is 1.96 bits per heavy atom. The molecule has 0 amide bonds. The summed E-state index contributed by atoms with van der Waals surface area (Å²) in [6, 6.07) is 5.66.